The van der Waals surface area contributed by atoms with Crippen molar-refractivity contribution in [2.75, 3.05) is 27.3 Å². The van der Waals surface area contributed by atoms with Gasteiger partial charge >= 0.3 is 6.09 Å². The Morgan fingerprint density at radius 2 is 2.00 bits per heavy atom. The zero-order valence-corrected chi connectivity index (χ0v) is 10.8. The van der Waals surface area contributed by atoms with Gasteiger partial charge in [0.05, 0.1) is 12.6 Å². The third kappa shape index (κ3) is 5.32. The fraction of sp³-hybridized carbons (Fsp3) is 0.909. The highest BCUT2D eigenvalue weighted by atomic mass is 16.6. The van der Waals surface area contributed by atoms with Crippen LogP contribution in [0.2, 0.25) is 0 Å². The highest BCUT2D eigenvalue weighted by Gasteiger charge is 2.29. The molecule has 0 aliphatic carbocycles. The zero-order chi connectivity index (χ0) is 12.8. The van der Waals surface area contributed by atoms with Gasteiger partial charge in [-0.15, -0.1) is 0 Å². The number of methoxy groups -OCH3 is 1. The highest BCUT2D eigenvalue weighted by molar-refractivity contribution is 5.68. The second kappa shape index (κ2) is 6.70. The monoisotopic (exact) mass is 235 g/mol. The fourth-order valence-corrected chi connectivity index (χ4v) is 1.41. The maximum Gasteiger partial charge on any atom is 0.410 e. The summed E-state index contributed by atoms with van der Waals surface area (Å²) in [5, 5.41) is 7.00. The molecule has 0 aromatic carbocycles. The van der Waals surface area contributed by atoms with E-state index in [4.69, 9.17) is 14.6 Å². The molecule has 5 nitrogen and oxygen atoms in total. The van der Waals surface area contributed by atoms with Gasteiger partial charge in [-0.25, -0.2) is 4.79 Å². The number of rotatable bonds is 1. The van der Waals surface area contributed by atoms with Crippen molar-refractivity contribution in [2.24, 2.45) is 0 Å². The number of ether oxygens (including phenoxy) is 2. The van der Waals surface area contributed by atoms with E-state index in [9.17, 15) is 4.79 Å². The predicted molar refractivity (Wildman–Crippen MR) is 63.5 cm³/mol. The number of nitrogens with zero attached hydrogens (tertiary/aromatic N) is 1. The molecule has 0 spiro atoms. The minimum Gasteiger partial charge on any atom is -0.444 e. The second-order valence-electron chi connectivity index (χ2n) is 4.57. The minimum atomic E-state index is -0.414. The Hall–Kier alpha value is -0.810. The van der Waals surface area contributed by atoms with Crippen molar-refractivity contribution in [3.63, 3.8) is 0 Å². The highest BCUT2D eigenvalue weighted by Crippen LogP contribution is 2.16. The van der Waals surface area contributed by atoms with E-state index in [1.54, 1.807) is 12.0 Å². The lowest BCUT2D eigenvalue weighted by Gasteiger charge is -2.24. The summed E-state index contributed by atoms with van der Waals surface area (Å²) in [4.78, 5) is 13.3. The van der Waals surface area contributed by atoms with E-state index in [-0.39, 0.29) is 13.6 Å². The average molecular weight is 235 g/mol. The van der Waals surface area contributed by atoms with Gasteiger partial charge in [0, 0.05) is 22.2 Å². The van der Waals surface area contributed by atoms with Crippen molar-refractivity contribution in [2.45, 2.75) is 38.9 Å². The SMILES string of the molecule is CO.COC1CCN(C(=O)OC(C)(C)C)C1.[HH]. The molecule has 0 aromatic heterocycles. The molecule has 16 heavy (non-hydrogen) atoms. The van der Waals surface area contributed by atoms with Gasteiger partial charge < -0.3 is 19.5 Å². The van der Waals surface area contributed by atoms with Gasteiger partial charge in [-0.1, -0.05) is 0 Å². The van der Waals surface area contributed by atoms with Crippen molar-refractivity contribution in [1.29, 1.82) is 0 Å². The quantitative estimate of drug-likeness (QED) is 0.748. The van der Waals surface area contributed by atoms with Crippen LogP contribution in [0.15, 0.2) is 0 Å². The van der Waals surface area contributed by atoms with E-state index in [1.807, 2.05) is 20.8 Å². The molecule has 1 atom stereocenters. The molecule has 1 aliphatic heterocycles. The molecule has 0 saturated carbocycles. The molecule has 5 heteroatoms. The van der Waals surface area contributed by atoms with E-state index in [0.717, 1.165) is 20.1 Å². The van der Waals surface area contributed by atoms with Crippen molar-refractivity contribution < 1.29 is 20.8 Å². The molecule has 1 amide bonds. The van der Waals surface area contributed by atoms with Crippen molar-refractivity contribution >= 4 is 6.09 Å². The number of aliphatic hydroxyl groups excluding tert-OH is 1. The van der Waals surface area contributed by atoms with E-state index in [1.165, 1.54) is 0 Å². The van der Waals surface area contributed by atoms with Crippen LogP contribution in [0.3, 0.4) is 0 Å². The Morgan fingerprint density at radius 1 is 1.44 bits per heavy atom. The molecule has 1 unspecified atom stereocenters. The Morgan fingerprint density at radius 3 is 2.38 bits per heavy atom. The summed E-state index contributed by atoms with van der Waals surface area (Å²) in [5.74, 6) is 0. The zero-order valence-electron chi connectivity index (χ0n) is 10.8. The summed E-state index contributed by atoms with van der Waals surface area (Å²) < 4.78 is 10.4. The molecule has 1 saturated heterocycles. The number of hydrogen-bond acceptors (Lipinski definition) is 4. The van der Waals surface area contributed by atoms with E-state index in [0.29, 0.717) is 6.54 Å². The number of amides is 1. The van der Waals surface area contributed by atoms with Gasteiger partial charge in [-0.2, -0.15) is 0 Å². The van der Waals surface area contributed by atoms with Crippen LogP contribution in [-0.2, 0) is 9.47 Å². The third-order valence-corrected chi connectivity index (χ3v) is 2.13. The molecule has 0 bridgehead atoms. The summed E-state index contributed by atoms with van der Waals surface area (Å²) in [6.07, 6.45) is 0.829. The summed E-state index contributed by atoms with van der Waals surface area (Å²) in [7, 11) is 2.67. The molecule has 1 heterocycles. The maximum atomic E-state index is 11.6. The van der Waals surface area contributed by atoms with Gasteiger partial charge in [-0.3, -0.25) is 0 Å². The number of carbonyl (C=O) groups is 1. The first-order valence-electron chi connectivity index (χ1n) is 5.38. The van der Waals surface area contributed by atoms with Gasteiger partial charge in [0.2, 0.25) is 0 Å². The Balaban J connectivity index is 0. The Bertz CT molecular complexity index is 218. The molecular weight excluding hydrogens is 210 g/mol. The standard InChI is InChI=1S/C10H19NO3.CH4O.H2/c1-10(2,3)14-9(12)11-6-5-8(7-11)13-4;1-2;/h8H,5-7H2,1-4H3;2H,1H3;1H. The fourth-order valence-electron chi connectivity index (χ4n) is 1.41. The minimum absolute atomic E-state index is 0. The lowest BCUT2D eigenvalue weighted by atomic mass is 10.2. The van der Waals surface area contributed by atoms with Crippen LogP contribution in [0.1, 0.15) is 28.6 Å². The van der Waals surface area contributed by atoms with Crippen molar-refractivity contribution in [1.82, 2.24) is 4.90 Å². The topological polar surface area (TPSA) is 59.0 Å². The first-order chi connectivity index (χ1) is 7.42. The van der Waals surface area contributed by atoms with Crippen LogP contribution >= 0.6 is 0 Å². The number of likely N-dealkylation sites (tertiary alicyclic amines) is 1. The Kier molecular flexibility index (Phi) is 6.36. The second-order valence-corrected chi connectivity index (χ2v) is 4.57. The van der Waals surface area contributed by atoms with Gasteiger partial charge in [-0.05, 0) is 27.2 Å². The first-order valence-corrected chi connectivity index (χ1v) is 5.38. The molecule has 98 valence electrons. The Labute approximate surface area is 98.8 Å². The molecule has 1 aliphatic rings. The summed E-state index contributed by atoms with van der Waals surface area (Å²) >= 11 is 0. The molecule has 0 radical (unpaired) electrons. The normalized spacial score (nSPS) is 20.1. The summed E-state index contributed by atoms with van der Waals surface area (Å²) in [6.45, 7) is 6.98. The van der Waals surface area contributed by atoms with Crippen molar-refractivity contribution in [3.8, 4) is 0 Å². The molecular formula is C11H25NO4. The molecule has 1 N–H and O–H groups in total. The van der Waals surface area contributed by atoms with Gasteiger partial charge in [0.25, 0.3) is 0 Å². The summed E-state index contributed by atoms with van der Waals surface area (Å²) in [5.41, 5.74) is -0.414. The van der Waals surface area contributed by atoms with E-state index >= 15 is 0 Å². The first kappa shape index (κ1) is 15.2. The molecule has 1 rings (SSSR count). The van der Waals surface area contributed by atoms with Crippen molar-refractivity contribution in [3.05, 3.63) is 0 Å². The predicted octanol–water partition coefficient (Wildman–Crippen LogP) is 1.50. The largest absolute Gasteiger partial charge is 0.444 e. The van der Waals surface area contributed by atoms with Gasteiger partial charge in [0.1, 0.15) is 5.60 Å². The molecule has 1 fully saturated rings. The number of hydrogen-bond donors (Lipinski definition) is 1. The maximum absolute atomic E-state index is 11.6. The average Bonchev–Trinajstić information content (AvgIpc) is 2.66. The number of carbonyl (C=O) groups excluding carboxylic acids is 1. The summed E-state index contributed by atoms with van der Waals surface area (Å²) in [6, 6.07) is 0. The molecule has 0 aromatic rings. The number of aliphatic hydroxyl groups is 1. The third-order valence-electron chi connectivity index (χ3n) is 2.13. The lowest BCUT2D eigenvalue weighted by molar-refractivity contribution is 0.0253. The van der Waals surface area contributed by atoms with E-state index < -0.39 is 5.60 Å². The van der Waals surface area contributed by atoms with Crippen LogP contribution in [0.25, 0.3) is 0 Å². The van der Waals surface area contributed by atoms with Crippen LogP contribution in [0.5, 0.6) is 0 Å². The smallest absolute Gasteiger partial charge is 0.410 e. The lowest BCUT2D eigenvalue weighted by Crippen LogP contribution is -2.35. The van der Waals surface area contributed by atoms with Crippen LogP contribution < -0.4 is 0 Å². The van der Waals surface area contributed by atoms with Crippen LogP contribution in [0.4, 0.5) is 4.79 Å². The van der Waals surface area contributed by atoms with E-state index in [2.05, 4.69) is 0 Å². The van der Waals surface area contributed by atoms with Crippen LogP contribution in [-0.4, -0.2) is 55.1 Å². The van der Waals surface area contributed by atoms with Gasteiger partial charge in [0.15, 0.2) is 0 Å². The van der Waals surface area contributed by atoms with Crippen LogP contribution in [0, 0.1) is 0 Å².